The molecule has 9 nitrogen and oxygen atoms in total. The van der Waals surface area contributed by atoms with Gasteiger partial charge in [-0.05, 0) is 44.1 Å². The molecule has 1 aliphatic carbocycles. The maximum Gasteiger partial charge on any atom is 0.306 e. The minimum Gasteiger partial charge on any atom is -0.456 e. The third-order valence-electron chi connectivity index (χ3n) is 6.06. The number of carbonyl (C=O) groups excluding carboxylic acids is 2. The fraction of sp³-hybridized carbons (Fsp3) is 0.650. The molecule has 0 unspecified atom stereocenters. The third-order valence-corrected chi connectivity index (χ3v) is 6.06. The summed E-state index contributed by atoms with van der Waals surface area (Å²) in [6.45, 7) is 7.88. The van der Waals surface area contributed by atoms with Gasteiger partial charge in [-0.3, -0.25) is 9.59 Å². The number of esters is 1. The monoisotopic (exact) mass is 402 g/mol. The van der Waals surface area contributed by atoms with E-state index in [-0.39, 0.29) is 30.9 Å². The topological polar surface area (TPSA) is 124 Å². The lowest BCUT2D eigenvalue weighted by Gasteiger charge is -2.34. The summed E-state index contributed by atoms with van der Waals surface area (Å²) in [5.74, 6) is 0.966. The number of aromatic nitrogens is 4. The van der Waals surface area contributed by atoms with Gasteiger partial charge in [0.05, 0.1) is 0 Å². The lowest BCUT2D eigenvalue weighted by atomic mass is 9.78. The Morgan fingerprint density at radius 1 is 1.24 bits per heavy atom. The molecule has 29 heavy (non-hydrogen) atoms. The van der Waals surface area contributed by atoms with Crippen molar-refractivity contribution in [1.29, 1.82) is 0 Å². The van der Waals surface area contributed by atoms with Gasteiger partial charge in [0.25, 0.3) is 11.7 Å². The Morgan fingerprint density at radius 3 is 2.76 bits per heavy atom. The molecule has 3 atom stereocenters. The van der Waals surface area contributed by atoms with Crippen LogP contribution < -0.4 is 11.1 Å². The van der Waals surface area contributed by atoms with Crippen LogP contribution in [0.1, 0.15) is 56.5 Å². The van der Waals surface area contributed by atoms with E-state index in [1.807, 2.05) is 13.8 Å². The minimum atomic E-state index is -0.415. The van der Waals surface area contributed by atoms with Crippen molar-refractivity contribution in [2.24, 2.45) is 11.8 Å². The summed E-state index contributed by atoms with van der Waals surface area (Å²) in [5, 5.41) is 7.13. The van der Waals surface area contributed by atoms with Gasteiger partial charge in [0, 0.05) is 23.9 Å². The molecule has 2 aromatic rings. The van der Waals surface area contributed by atoms with Crippen LogP contribution in [0, 0.1) is 25.7 Å². The molecule has 9 heteroatoms. The Morgan fingerprint density at radius 2 is 2.00 bits per heavy atom. The van der Waals surface area contributed by atoms with Crippen LogP contribution in [0.4, 0.5) is 5.95 Å². The van der Waals surface area contributed by atoms with Gasteiger partial charge in [0.2, 0.25) is 5.95 Å². The molecule has 1 saturated carbocycles. The Hall–Kier alpha value is -2.71. The SMILES string of the molecule is Cc1nc2nc(N)nn2c(C)c1CCC(=O)OCC(=O)N[C@@H]1CCC[C@H](C)[C@@H]1C. The van der Waals surface area contributed by atoms with E-state index in [2.05, 4.69) is 34.2 Å². The molecule has 1 amide bonds. The van der Waals surface area contributed by atoms with Crippen molar-refractivity contribution in [2.75, 3.05) is 12.3 Å². The number of nitrogens with two attached hydrogens (primary N) is 1. The lowest BCUT2D eigenvalue weighted by Crippen LogP contribution is -2.45. The Labute approximate surface area is 170 Å². The van der Waals surface area contributed by atoms with Gasteiger partial charge in [0.1, 0.15) is 0 Å². The molecule has 0 aromatic carbocycles. The van der Waals surface area contributed by atoms with Crippen LogP contribution in [0.2, 0.25) is 0 Å². The Balaban J connectivity index is 1.50. The molecule has 0 saturated heterocycles. The first-order valence-corrected chi connectivity index (χ1v) is 10.2. The molecular formula is C20H30N6O3. The number of ether oxygens (including phenoxy) is 1. The summed E-state index contributed by atoms with van der Waals surface area (Å²) in [6, 6.07) is 0.156. The van der Waals surface area contributed by atoms with E-state index in [4.69, 9.17) is 10.5 Å². The number of rotatable bonds is 6. The zero-order chi connectivity index (χ0) is 21.1. The molecule has 0 aliphatic heterocycles. The average molecular weight is 402 g/mol. The van der Waals surface area contributed by atoms with Crippen molar-refractivity contribution in [1.82, 2.24) is 24.9 Å². The van der Waals surface area contributed by atoms with E-state index >= 15 is 0 Å². The summed E-state index contributed by atoms with van der Waals surface area (Å²) in [5.41, 5.74) is 8.14. The predicted octanol–water partition coefficient (Wildman–Crippen LogP) is 1.74. The number of anilines is 1. The van der Waals surface area contributed by atoms with E-state index in [1.54, 1.807) is 4.52 Å². The molecular weight excluding hydrogens is 372 g/mol. The highest BCUT2D eigenvalue weighted by Crippen LogP contribution is 2.29. The van der Waals surface area contributed by atoms with Crippen LogP contribution in [0.25, 0.3) is 5.78 Å². The molecule has 0 radical (unpaired) electrons. The van der Waals surface area contributed by atoms with Crippen LogP contribution in [0.3, 0.4) is 0 Å². The number of nitrogens with one attached hydrogen (secondary N) is 1. The number of carbonyl (C=O) groups is 2. The molecule has 0 bridgehead atoms. The maximum atomic E-state index is 12.2. The fourth-order valence-corrected chi connectivity index (χ4v) is 4.07. The molecule has 1 fully saturated rings. The van der Waals surface area contributed by atoms with Gasteiger partial charge in [-0.2, -0.15) is 9.50 Å². The number of aryl methyl sites for hydroxylation is 2. The second kappa shape index (κ2) is 8.75. The Bertz CT molecular complexity index is 909. The van der Waals surface area contributed by atoms with Gasteiger partial charge in [-0.25, -0.2) is 4.98 Å². The van der Waals surface area contributed by atoms with Gasteiger partial charge in [0.15, 0.2) is 6.61 Å². The van der Waals surface area contributed by atoms with E-state index in [0.29, 0.717) is 24.0 Å². The first-order valence-electron chi connectivity index (χ1n) is 10.2. The first-order chi connectivity index (χ1) is 13.8. The molecule has 2 heterocycles. The number of hydrogen-bond donors (Lipinski definition) is 2. The summed E-state index contributed by atoms with van der Waals surface area (Å²) in [6.07, 6.45) is 3.89. The number of amides is 1. The fourth-order valence-electron chi connectivity index (χ4n) is 4.07. The van der Waals surface area contributed by atoms with Crippen molar-refractivity contribution in [3.05, 3.63) is 17.0 Å². The van der Waals surface area contributed by atoms with Gasteiger partial charge in [-0.1, -0.05) is 26.7 Å². The predicted molar refractivity (Wildman–Crippen MR) is 108 cm³/mol. The van der Waals surface area contributed by atoms with Crippen molar-refractivity contribution in [2.45, 2.75) is 65.8 Å². The highest BCUT2D eigenvalue weighted by Gasteiger charge is 2.28. The molecule has 3 N–H and O–H groups in total. The van der Waals surface area contributed by atoms with Gasteiger partial charge in [-0.15, -0.1) is 5.10 Å². The highest BCUT2D eigenvalue weighted by atomic mass is 16.5. The maximum absolute atomic E-state index is 12.2. The van der Waals surface area contributed by atoms with Crippen LogP contribution in [-0.2, 0) is 20.7 Å². The van der Waals surface area contributed by atoms with Crippen molar-refractivity contribution in [3.63, 3.8) is 0 Å². The minimum absolute atomic E-state index is 0.156. The zero-order valence-corrected chi connectivity index (χ0v) is 17.6. The highest BCUT2D eigenvalue weighted by molar-refractivity contribution is 5.80. The van der Waals surface area contributed by atoms with Crippen LogP contribution >= 0.6 is 0 Å². The largest absolute Gasteiger partial charge is 0.456 e. The smallest absolute Gasteiger partial charge is 0.306 e. The van der Waals surface area contributed by atoms with Crippen molar-refractivity contribution < 1.29 is 14.3 Å². The van der Waals surface area contributed by atoms with Crippen LogP contribution in [0.5, 0.6) is 0 Å². The van der Waals surface area contributed by atoms with Crippen molar-refractivity contribution in [3.8, 4) is 0 Å². The number of nitrogen functional groups attached to an aromatic ring is 1. The lowest BCUT2D eigenvalue weighted by molar-refractivity contribution is -0.148. The Kier molecular flexibility index (Phi) is 6.34. The summed E-state index contributed by atoms with van der Waals surface area (Å²) < 4.78 is 6.75. The zero-order valence-electron chi connectivity index (χ0n) is 17.6. The van der Waals surface area contributed by atoms with Gasteiger partial charge < -0.3 is 15.8 Å². The summed E-state index contributed by atoms with van der Waals surface area (Å²) in [7, 11) is 0. The normalized spacial score (nSPS) is 21.9. The van der Waals surface area contributed by atoms with Gasteiger partial charge >= 0.3 is 5.97 Å². The van der Waals surface area contributed by atoms with E-state index in [9.17, 15) is 9.59 Å². The van der Waals surface area contributed by atoms with E-state index in [1.165, 1.54) is 6.42 Å². The second-order valence-corrected chi connectivity index (χ2v) is 8.04. The third kappa shape index (κ3) is 4.83. The summed E-state index contributed by atoms with van der Waals surface area (Å²) in [4.78, 5) is 32.8. The number of fused-ring (bicyclic) bond motifs is 1. The first kappa shape index (κ1) is 21.0. The van der Waals surface area contributed by atoms with Crippen LogP contribution in [-0.4, -0.2) is 44.1 Å². The quantitative estimate of drug-likeness (QED) is 0.705. The van der Waals surface area contributed by atoms with Crippen molar-refractivity contribution >= 4 is 23.6 Å². The number of hydrogen-bond acceptors (Lipinski definition) is 7. The van der Waals surface area contributed by atoms with E-state index in [0.717, 1.165) is 29.8 Å². The average Bonchev–Trinajstić information content (AvgIpc) is 3.04. The molecule has 1 aliphatic rings. The molecule has 3 rings (SSSR count). The van der Waals surface area contributed by atoms with E-state index < -0.39 is 5.97 Å². The molecule has 2 aromatic heterocycles. The number of nitrogens with zero attached hydrogens (tertiary/aromatic N) is 4. The summed E-state index contributed by atoms with van der Waals surface area (Å²) >= 11 is 0. The second-order valence-electron chi connectivity index (χ2n) is 8.04. The molecule has 158 valence electrons. The van der Waals surface area contributed by atoms with Crippen LogP contribution in [0.15, 0.2) is 0 Å². The standard InChI is InChI=1S/C20H30N6O3/c1-11-6-5-7-16(12(11)2)23-17(27)10-29-18(28)9-8-15-13(3)22-20-24-19(21)25-26(20)14(15)4/h11-12,16H,5-10H2,1-4H3,(H2,21,25)(H,23,27)/t11-,12-,16+/m0/s1. The molecule has 0 spiro atoms.